The van der Waals surface area contributed by atoms with Crippen LogP contribution in [0.1, 0.15) is 85.6 Å². The summed E-state index contributed by atoms with van der Waals surface area (Å²) >= 11 is 0. The quantitative estimate of drug-likeness (QED) is 0.401. The van der Waals surface area contributed by atoms with Gasteiger partial charge in [-0.1, -0.05) is 78.3 Å². The normalized spacial score (nSPS) is 26.2. The maximum atomic E-state index is 14.4. The summed E-state index contributed by atoms with van der Waals surface area (Å²) in [6.45, 7) is 11.8. The van der Waals surface area contributed by atoms with E-state index in [0.717, 1.165) is 5.56 Å². The van der Waals surface area contributed by atoms with Crippen LogP contribution in [0.4, 0.5) is 0 Å². The Kier molecular flexibility index (Phi) is 14.6. The first-order valence-corrected chi connectivity index (χ1v) is 17.8. The third-order valence-corrected chi connectivity index (χ3v) is 9.61. The Hall–Kier alpha value is -3.96. The number of nitrogens with zero attached hydrogens (tertiary/aromatic N) is 3. The fourth-order valence-electron chi connectivity index (χ4n) is 6.70. The highest BCUT2D eigenvalue weighted by Crippen LogP contribution is 2.24. The average molecular weight is 684 g/mol. The molecule has 2 saturated heterocycles. The lowest BCUT2D eigenvalue weighted by molar-refractivity contribution is -0.162. The SMILES string of the molecule is CC[C@H](C)[C@@H]1C(=O)N(C)[C@@H](CC(C)C)C(=O)NCCC(=O)O[C@@H](CC(C)C)C(=O)N2CCC[C@H]2C(=O)N[C@@H](Cc2ccccc2)C(=O)N1C. The molecular weight excluding hydrogens is 626 g/mol. The zero-order valence-corrected chi connectivity index (χ0v) is 30.6. The van der Waals surface area contributed by atoms with Crippen LogP contribution in [0.5, 0.6) is 0 Å². The van der Waals surface area contributed by atoms with Crippen LogP contribution in [0.15, 0.2) is 30.3 Å². The van der Waals surface area contributed by atoms with Gasteiger partial charge in [0.25, 0.3) is 5.91 Å². The molecule has 2 fully saturated rings. The Morgan fingerprint density at radius 1 is 0.837 bits per heavy atom. The minimum atomic E-state index is -1.10. The molecule has 0 radical (unpaired) electrons. The molecule has 1 aromatic rings. The largest absolute Gasteiger partial charge is 0.452 e. The van der Waals surface area contributed by atoms with Crippen molar-refractivity contribution in [2.45, 2.75) is 117 Å². The highest BCUT2D eigenvalue weighted by molar-refractivity contribution is 5.96. The van der Waals surface area contributed by atoms with E-state index in [1.54, 1.807) is 14.1 Å². The van der Waals surface area contributed by atoms with E-state index >= 15 is 0 Å². The predicted octanol–water partition coefficient (Wildman–Crippen LogP) is 2.93. The van der Waals surface area contributed by atoms with Crippen LogP contribution >= 0.6 is 0 Å². The molecule has 5 amide bonds. The lowest BCUT2D eigenvalue weighted by Gasteiger charge is -2.38. The molecule has 6 atom stereocenters. The third kappa shape index (κ3) is 10.5. The fourth-order valence-corrected chi connectivity index (χ4v) is 6.70. The Labute approximate surface area is 291 Å². The van der Waals surface area contributed by atoms with E-state index in [4.69, 9.17) is 4.74 Å². The van der Waals surface area contributed by atoms with Crippen molar-refractivity contribution in [2.24, 2.45) is 17.8 Å². The number of ether oxygens (including phenoxy) is 1. The number of likely N-dealkylation sites (N-methyl/N-ethyl adjacent to an activating group) is 2. The van der Waals surface area contributed by atoms with Crippen LogP contribution in [0, 0.1) is 17.8 Å². The molecule has 2 aliphatic rings. The molecule has 0 bridgehead atoms. The van der Waals surface area contributed by atoms with Crippen molar-refractivity contribution in [1.82, 2.24) is 25.3 Å². The monoisotopic (exact) mass is 683 g/mol. The number of nitrogens with one attached hydrogen (secondary N) is 2. The van der Waals surface area contributed by atoms with Gasteiger partial charge in [0, 0.05) is 33.6 Å². The molecule has 0 unspecified atom stereocenters. The molecule has 2 heterocycles. The Balaban J connectivity index is 2.10. The van der Waals surface area contributed by atoms with E-state index < -0.39 is 65.8 Å². The van der Waals surface area contributed by atoms with Crippen molar-refractivity contribution in [3.63, 3.8) is 0 Å². The molecule has 3 rings (SSSR count). The average Bonchev–Trinajstić information content (AvgIpc) is 3.55. The minimum absolute atomic E-state index is 0.0182. The van der Waals surface area contributed by atoms with Gasteiger partial charge in [-0.25, -0.2) is 0 Å². The van der Waals surface area contributed by atoms with E-state index in [0.29, 0.717) is 32.2 Å². The van der Waals surface area contributed by atoms with Gasteiger partial charge in [0.05, 0.1) is 6.42 Å². The highest BCUT2D eigenvalue weighted by Gasteiger charge is 2.42. The van der Waals surface area contributed by atoms with Gasteiger partial charge in [0.15, 0.2) is 6.10 Å². The first kappa shape index (κ1) is 39.5. The number of fused-ring (bicyclic) bond motifs is 1. The lowest BCUT2D eigenvalue weighted by atomic mass is 9.93. The zero-order chi connectivity index (χ0) is 36.4. The van der Waals surface area contributed by atoms with Gasteiger partial charge < -0.3 is 30.1 Å². The number of carbonyl (C=O) groups is 6. The summed E-state index contributed by atoms with van der Waals surface area (Å²) in [5.41, 5.74) is 0.813. The second-order valence-electron chi connectivity index (χ2n) is 14.5. The summed E-state index contributed by atoms with van der Waals surface area (Å²) < 4.78 is 5.69. The summed E-state index contributed by atoms with van der Waals surface area (Å²) in [5.74, 6) is -3.03. The van der Waals surface area contributed by atoms with Crippen LogP contribution in [-0.2, 0) is 39.9 Å². The van der Waals surface area contributed by atoms with Crippen LogP contribution in [0.2, 0.25) is 0 Å². The first-order chi connectivity index (χ1) is 23.2. The number of carbonyl (C=O) groups excluding carboxylic acids is 6. The number of amides is 5. The molecule has 49 heavy (non-hydrogen) atoms. The smallest absolute Gasteiger partial charge is 0.308 e. The second-order valence-corrected chi connectivity index (χ2v) is 14.5. The third-order valence-electron chi connectivity index (χ3n) is 9.61. The van der Waals surface area contributed by atoms with Crippen molar-refractivity contribution in [1.29, 1.82) is 0 Å². The van der Waals surface area contributed by atoms with Crippen molar-refractivity contribution >= 4 is 35.5 Å². The molecule has 272 valence electrons. The number of rotatable bonds is 8. The Morgan fingerprint density at radius 2 is 1.49 bits per heavy atom. The topological polar surface area (TPSA) is 145 Å². The van der Waals surface area contributed by atoms with E-state index in [9.17, 15) is 28.8 Å². The van der Waals surface area contributed by atoms with Gasteiger partial charge in [0.2, 0.25) is 23.6 Å². The van der Waals surface area contributed by atoms with Crippen LogP contribution in [0.3, 0.4) is 0 Å². The molecule has 0 aromatic heterocycles. The second kappa shape index (κ2) is 18.2. The van der Waals surface area contributed by atoms with Gasteiger partial charge >= 0.3 is 5.97 Å². The standard InChI is InChI=1S/C37H57N5O7/c1-9-25(6)32-37(48)40(7)29(20-23(2)3)33(44)38-18-17-31(43)49-30(21-24(4)5)36(47)42-19-13-16-28(42)34(45)39-27(35(46)41(32)8)22-26-14-11-10-12-15-26/h10-12,14-15,23-25,27-30,32H,9,13,16-22H2,1-8H3,(H,38,44)(H,39,45)/t25-,27-,28-,29-,30-,32+/m0/s1. The Morgan fingerprint density at radius 3 is 2.10 bits per heavy atom. The maximum absolute atomic E-state index is 14.4. The summed E-state index contributed by atoms with van der Waals surface area (Å²) in [6.07, 6.45) is 1.07. The number of esters is 1. The van der Waals surface area contributed by atoms with Gasteiger partial charge in [-0.2, -0.15) is 0 Å². The first-order valence-electron chi connectivity index (χ1n) is 17.8. The molecule has 2 aliphatic heterocycles. The lowest BCUT2D eigenvalue weighted by Crippen LogP contribution is -2.60. The van der Waals surface area contributed by atoms with Gasteiger partial charge in [-0.15, -0.1) is 0 Å². The number of cyclic esters (lactones) is 1. The van der Waals surface area contributed by atoms with Gasteiger partial charge in [-0.3, -0.25) is 28.8 Å². The molecule has 12 heteroatoms. The number of hydrogen-bond acceptors (Lipinski definition) is 7. The predicted molar refractivity (Wildman–Crippen MR) is 186 cm³/mol. The van der Waals surface area contributed by atoms with Gasteiger partial charge in [0.1, 0.15) is 24.2 Å². The fraction of sp³-hybridized carbons (Fsp3) is 0.676. The highest BCUT2D eigenvalue weighted by atomic mass is 16.5. The van der Waals surface area contributed by atoms with Crippen LogP contribution in [0.25, 0.3) is 0 Å². The summed E-state index contributed by atoms with van der Waals surface area (Å²) in [6, 6.07) is 5.63. The van der Waals surface area contributed by atoms with Crippen LogP contribution in [-0.4, -0.2) is 108 Å². The minimum Gasteiger partial charge on any atom is -0.452 e. The summed E-state index contributed by atoms with van der Waals surface area (Å²) in [7, 11) is 3.14. The molecule has 0 spiro atoms. The molecular formula is C37H57N5O7. The summed E-state index contributed by atoms with van der Waals surface area (Å²) in [4.78, 5) is 87.5. The Bertz CT molecular complexity index is 1320. The zero-order valence-electron chi connectivity index (χ0n) is 30.6. The van der Waals surface area contributed by atoms with E-state index in [-0.39, 0.29) is 43.6 Å². The molecule has 1 aromatic carbocycles. The molecule has 0 saturated carbocycles. The van der Waals surface area contributed by atoms with Crippen molar-refractivity contribution in [3.05, 3.63) is 35.9 Å². The maximum Gasteiger partial charge on any atom is 0.308 e. The summed E-state index contributed by atoms with van der Waals surface area (Å²) in [5, 5.41) is 5.73. The number of benzene rings is 1. The van der Waals surface area contributed by atoms with Crippen molar-refractivity contribution in [2.75, 3.05) is 27.2 Å². The van der Waals surface area contributed by atoms with E-state index in [1.165, 1.54) is 14.7 Å². The van der Waals surface area contributed by atoms with Crippen molar-refractivity contribution in [3.8, 4) is 0 Å². The molecule has 2 N–H and O–H groups in total. The molecule has 12 nitrogen and oxygen atoms in total. The van der Waals surface area contributed by atoms with E-state index in [1.807, 2.05) is 71.9 Å². The van der Waals surface area contributed by atoms with Crippen LogP contribution < -0.4 is 10.6 Å². The van der Waals surface area contributed by atoms with E-state index in [2.05, 4.69) is 10.6 Å². The molecule has 0 aliphatic carbocycles. The van der Waals surface area contributed by atoms with Gasteiger partial charge in [-0.05, 0) is 49.0 Å². The van der Waals surface area contributed by atoms with Crippen molar-refractivity contribution < 1.29 is 33.5 Å². The number of hydrogen-bond donors (Lipinski definition) is 2.